The molecule has 218 valence electrons. The lowest BCUT2D eigenvalue weighted by molar-refractivity contribution is -0.664. The van der Waals surface area contributed by atoms with Crippen LogP contribution in [-0.4, -0.2) is 70.3 Å². The van der Waals surface area contributed by atoms with E-state index in [4.69, 9.17) is 24.8 Å². The van der Waals surface area contributed by atoms with Crippen molar-refractivity contribution in [1.29, 1.82) is 0 Å². The minimum Gasteiger partial charge on any atom is -0.387 e. The number of nitrogens with two attached hydrogens (primary N) is 1. The maximum atomic E-state index is 12.9. The highest BCUT2D eigenvalue weighted by Crippen LogP contribution is 2.55. The molecule has 1 saturated heterocycles. The molecule has 0 aliphatic carbocycles. The summed E-state index contributed by atoms with van der Waals surface area (Å²) in [4.78, 5) is 47.2. The van der Waals surface area contributed by atoms with Crippen molar-refractivity contribution in [3.63, 3.8) is 0 Å². The van der Waals surface area contributed by atoms with Crippen molar-refractivity contribution in [2.45, 2.75) is 31.1 Å². The third-order valence-corrected chi connectivity index (χ3v) is 9.98. The van der Waals surface area contributed by atoms with Gasteiger partial charge in [-0.2, -0.15) is 9.55 Å². The number of nitrogens with zero attached hydrogens (tertiary/aromatic N) is 3. The van der Waals surface area contributed by atoms with E-state index < -0.39 is 57.8 Å². The second-order valence-electron chi connectivity index (χ2n) is 9.62. The molecule has 17 heteroatoms. The Labute approximate surface area is 232 Å². The largest absolute Gasteiger partial charge is 0.387 e. The van der Waals surface area contributed by atoms with E-state index in [1.54, 1.807) is 4.57 Å². The average molecular weight is 608 g/mol. The number of aromatic amines is 1. The summed E-state index contributed by atoms with van der Waals surface area (Å²) in [5.41, 5.74) is 8.26. The summed E-state index contributed by atoms with van der Waals surface area (Å²) in [6, 6.07) is 17.5. The predicted molar refractivity (Wildman–Crippen MR) is 145 cm³/mol. The lowest BCUT2D eigenvalue weighted by Crippen LogP contribution is -2.37. The fourth-order valence-electron chi connectivity index (χ4n) is 4.67. The van der Waals surface area contributed by atoms with Crippen molar-refractivity contribution in [3.05, 3.63) is 76.8 Å². The lowest BCUT2D eigenvalue weighted by atomic mass is 10.0. The van der Waals surface area contributed by atoms with Gasteiger partial charge >= 0.3 is 20.8 Å². The molecule has 41 heavy (non-hydrogen) atoms. The maximum Gasteiger partial charge on any atom is 0.340 e. The summed E-state index contributed by atoms with van der Waals surface area (Å²) >= 11 is 0. The number of fused-ring (bicyclic) bond motifs is 1. The van der Waals surface area contributed by atoms with E-state index in [0.29, 0.717) is 0 Å². The van der Waals surface area contributed by atoms with Gasteiger partial charge in [0.2, 0.25) is 18.5 Å². The van der Waals surface area contributed by atoms with E-state index >= 15 is 0 Å². The zero-order chi connectivity index (χ0) is 29.5. The lowest BCUT2D eigenvalue weighted by Gasteiger charge is -2.17. The maximum absolute atomic E-state index is 12.9. The highest BCUT2D eigenvalue weighted by Gasteiger charge is 2.48. The minimum atomic E-state index is -4.87. The number of ether oxygens (including phenoxy) is 1. The Morgan fingerprint density at radius 2 is 1.68 bits per heavy atom. The number of hydrogen-bond donors (Lipinski definition) is 7. The number of aliphatic hydroxyl groups is 2. The van der Waals surface area contributed by atoms with Crippen molar-refractivity contribution < 1.29 is 47.9 Å². The molecular formula is C24H28N5O10P2+. The van der Waals surface area contributed by atoms with Gasteiger partial charge < -0.3 is 39.9 Å². The summed E-state index contributed by atoms with van der Waals surface area (Å²) in [5.74, 6) is -1.62. The van der Waals surface area contributed by atoms with Gasteiger partial charge in [0, 0.05) is 0 Å². The summed E-state index contributed by atoms with van der Waals surface area (Å²) in [5, 5.41) is 21.3. The van der Waals surface area contributed by atoms with Gasteiger partial charge in [-0.1, -0.05) is 54.6 Å². The number of nitrogen functional groups attached to an aromatic ring is 1. The quantitative estimate of drug-likeness (QED) is 0.100. The fourth-order valence-corrected chi connectivity index (χ4v) is 7.24. The summed E-state index contributed by atoms with van der Waals surface area (Å²) in [7, 11) is -9.60. The molecule has 1 aliphatic heterocycles. The number of nitrogens with one attached hydrogen (secondary N) is 1. The molecule has 1 fully saturated rings. The standard InChI is InChI=1S/C24H27N5O10P2/c25-24-26-21-18(22(32)27-24)28(10-14-6-8-16(9-7-14)15-4-2-1-3-5-15)12-29(21)23-20(31)19(30)17(39-23)11-38-41(36,37)13-40(33,34)35/h1-9,12,17,19-20,23,30-31H,10-11,13H2,(H5-,25,26,27,32,33,34,35,36,37)/p+1/t17-,19-,20-,23-/m1/s1. The zero-order valence-corrected chi connectivity index (χ0v) is 23.1. The predicted octanol–water partition coefficient (Wildman–Crippen LogP) is 0.266. The number of aliphatic hydroxyl groups excluding tert-OH is 2. The van der Waals surface area contributed by atoms with Gasteiger partial charge in [-0.3, -0.25) is 18.9 Å². The van der Waals surface area contributed by atoms with Crippen LogP contribution in [0.5, 0.6) is 0 Å². The van der Waals surface area contributed by atoms with E-state index in [1.165, 1.54) is 10.9 Å². The van der Waals surface area contributed by atoms with E-state index in [0.717, 1.165) is 16.7 Å². The van der Waals surface area contributed by atoms with E-state index in [9.17, 15) is 29.0 Å². The molecule has 0 radical (unpaired) electrons. The monoisotopic (exact) mass is 608 g/mol. The van der Waals surface area contributed by atoms with Crippen molar-refractivity contribution >= 4 is 32.3 Å². The van der Waals surface area contributed by atoms with Gasteiger partial charge in [0.1, 0.15) is 24.9 Å². The highest BCUT2D eigenvalue weighted by molar-refractivity contribution is 7.70. The Bertz CT molecular complexity index is 1710. The smallest absolute Gasteiger partial charge is 0.340 e. The molecule has 1 aliphatic rings. The van der Waals surface area contributed by atoms with Crippen molar-refractivity contribution in [3.8, 4) is 11.1 Å². The van der Waals surface area contributed by atoms with Gasteiger partial charge in [0.05, 0.1) is 6.61 Å². The number of aromatic nitrogens is 4. The molecule has 15 nitrogen and oxygen atoms in total. The first-order valence-corrected chi connectivity index (χ1v) is 15.8. The average Bonchev–Trinajstić information content (AvgIpc) is 3.39. The van der Waals surface area contributed by atoms with E-state index in [2.05, 4.69) is 9.97 Å². The molecule has 4 aromatic rings. The molecule has 3 heterocycles. The van der Waals surface area contributed by atoms with Crippen LogP contribution in [-0.2, 0) is 24.9 Å². The van der Waals surface area contributed by atoms with Gasteiger partial charge in [-0.25, -0.2) is 4.57 Å². The number of anilines is 1. The van der Waals surface area contributed by atoms with Crippen LogP contribution in [0.3, 0.4) is 0 Å². The molecule has 5 atom stereocenters. The van der Waals surface area contributed by atoms with E-state index in [1.807, 2.05) is 54.6 Å². The number of rotatable bonds is 9. The molecule has 0 saturated carbocycles. The second kappa shape index (κ2) is 11.2. The van der Waals surface area contributed by atoms with Crippen LogP contribution in [0.4, 0.5) is 5.95 Å². The van der Waals surface area contributed by atoms with Gasteiger partial charge in [-0.15, -0.1) is 0 Å². The van der Waals surface area contributed by atoms with Crippen LogP contribution >= 0.6 is 15.2 Å². The van der Waals surface area contributed by atoms with Gasteiger partial charge in [0.25, 0.3) is 11.2 Å². The van der Waals surface area contributed by atoms with Crippen LogP contribution < -0.4 is 15.9 Å². The summed E-state index contributed by atoms with van der Waals surface area (Å²) < 4.78 is 36.5. The van der Waals surface area contributed by atoms with Crippen molar-refractivity contribution in [1.82, 2.24) is 14.5 Å². The SMILES string of the molecule is Nc1nc2c(c(=O)[nH]1)[n+](Cc1ccc(-c3ccccc3)cc1)cn2[C@@H]1O[C@H](COP(=O)(O)CP(=O)(O)O)[C@@H](O)[C@H]1O. The Morgan fingerprint density at radius 3 is 2.34 bits per heavy atom. The van der Waals surface area contributed by atoms with E-state index in [-0.39, 0.29) is 23.7 Å². The second-order valence-corrected chi connectivity index (χ2v) is 13.6. The molecule has 8 N–H and O–H groups in total. The van der Waals surface area contributed by atoms with Crippen LogP contribution in [0.15, 0.2) is 65.7 Å². The minimum absolute atomic E-state index is 0.0410. The molecule has 0 spiro atoms. The zero-order valence-electron chi connectivity index (χ0n) is 21.3. The van der Waals surface area contributed by atoms with Crippen LogP contribution in [0, 0.1) is 0 Å². The molecule has 2 aromatic carbocycles. The molecule has 2 aromatic heterocycles. The first-order chi connectivity index (χ1) is 19.3. The van der Waals surface area contributed by atoms with Gasteiger partial charge in [0.15, 0.2) is 5.90 Å². The van der Waals surface area contributed by atoms with Crippen LogP contribution in [0.2, 0.25) is 0 Å². The van der Waals surface area contributed by atoms with Crippen molar-refractivity contribution in [2.24, 2.45) is 0 Å². The first kappa shape index (κ1) is 29.3. The summed E-state index contributed by atoms with van der Waals surface area (Å²) in [6.07, 6.45) is -4.43. The number of H-pyrrole nitrogens is 1. The molecule has 0 bridgehead atoms. The van der Waals surface area contributed by atoms with Gasteiger partial charge in [-0.05, 0) is 16.7 Å². The normalized spacial score (nSPS) is 22.7. The summed E-state index contributed by atoms with van der Waals surface area (Å²) in [6.45, 7) is -0.535. The van der Waals surface area contributed by atoms with Crippen LogP contribution in [0.25, 0.3) is 22.3 Å². The Morgan fingerprint density at radius 1 is 1.02 bits per heavy atom. The molecule has 0 amide bonds. The van der Waals surface area contributed by atoms with Crippen molar-refractivity contribution in [2.75, 3.05) is 18.2 Å². The first-order valence-electron chi connectivity index (χ1n) is 12.3. The third-order valence-electron chi connectivity index (χ3n) is 6.52. The van der Waals surface area contributed by atoms with Crippen LogP contribution in [0.1, 0.15) is 11.8 Å². The Balaban J connectivity index is 1.42. The molecular weight excluding hydrogens is 580 g/mol. The molecule has 1 unspecified atom stereocenters. The number of imidazole rings is 1. The fraction of sp³-hybridized carbons (Fsp3) is 0.292. The third kappa shape index (κ3) is 6.49. The topological polar surface area (TPSA) is 234 Å². The Hall–Kier alpha value is -3.23. The highest BCUT2D eigenvalue weighted by atomic mass is 31.2. The Kier molecular flexibility index (Phi) is 8.01. The number of hydrogen-bond acceptors (Lipinski definition) is 9. The molecule has 5 rings (SSSR count). The number of benzene rings is 2.